The number of carbonyl (C=O) groups excluding carboxylic acids is 1. The summed E-state index contributed by atoms with van der Waals surface area (Å²) in [6.45, 7) is 0.992. The Kier molecular flexibility index (Phi) is 6.81. The van der Waals surface area contributed by atoms with Crippen molar-refractivity contribution in [3.8, 4) is 0 Å². The molecule has 4 nitrogen and oxygen atoms in total. The molecular formula is C9H16ClF3N2O2. The second kappa shape index (κ2) is 7.03. The molecule has 0 saturated carbocycles. The molecule has 0 aliphatic carbocycles. The first kappa shape index (κ1) is 16.5. The van der Waals surface area contributed by atoms with Crippen LogP contribution in [0.5, 0.6) is 0 Å². The summed E-state index contributed by atoms with van der Waals surface area (Å²) in [7, 11) is 0. The summed E-state index contributed by atoms with van der Waals surface area (Å²) >= 11 is 0. The number of alkyl halides is 3. The van der Waals surface area contributed by atoms with Crippen molar-refractivity contribution in [3.63, 3.8) is 0 Å². The summed E-state index contributed by atoms with van der Waals surface area (Å²) < 4.78 is 35.5. The molecule has 8 heteroatoms. The fraction of sp³-hybridized carbons (Fsp3) is 0.889. The molecule has 0 unspecified atom stereocenters. The molecule has 1 saturated heterocycles. The van der Waals surface area contributed by atoms with Gasteiger partial charge >= 0.3 is 6.18 Å². The van der Waals surface area contributed by atoms with Gasteiger partial charge in [-0.1, -0.05) is 0 Å². The molecular weight excluding hydrogens is 261 g/mol. The van der Waals surface area contributed by atoms with Gasteiger partial charge in [0.25, 0.3) is 0 Å². The number of halogens is 4. The standard InChI is InChI=1S/C9H15F3N2O2.ClH/c10-9(11,12)3-1-8(16)14-6-2-4-13-5-7(6)15;/h6-7,13,15H,1-5H2,(H,14,16);1H/t6-,7-;/m1./s1. The third kappa shape index (κ3) is 6.70. The predicted molar refractivity (Wildman–Crippen MR) is 58.0 cm³/mol. The van der Waals surface area contributed by atoms with E-state index in [-0.39, 0.29) is 12.4 Å². The topological polar surface area (TPSA) is 61.4 Å². The molecule has 0 spiro atoms. The molecule has 0 aromatic carbocycles. The average molecular weight is 277 g/mol. The highest BCUT2D eigenvalue weighted by Gasteiger charge is 2.29. The van der Waals surface area contributed by atoms with Crippen molar-refractivity contribution in [1.82, 2.24) is 10.6 Å². The number of rotatable bonds is 3. The van der Waals surface area contributed by atoms with Gasteiger partial charge in [-0.2, -0.15) is 13.2 Å². The predicted octanol–water partition coefficient (Wildman–Crippen LogP) is 0.590. The second-order valence-electron chi connectivity index (χ2n) is 3.85. The van der Waals surface area contributed by atoms with E-state index < -0.39 is 37.1 Å². The van der Waals surface area contributed by atoms with E-state index in [1.165, 1.54) is 0 Å². The minimum absolute atomic E-state index is 0. The van der Waals surface area contributed by atoms with Crippen molar-refractivity contribution in [2.45, 2.75) is 37.6 Å². The molecule has 0 bridgehead atoms. The minimum Gasteiger partial charge on any atom is -0.390 e. The maximum atomic E-state index is 11.8. The highest BCUT2D eigenvalue weighted by molar-refractivity contribution is 5.85. The van der Waals surface area contributed by atoms with Gasteiger partial charge in [-0.15, -0.1) is 12.4 Å². The van der Waals surface area contributed by atoms with Crippen LogP contribution in [0.15, 0.2) is 0 Å². The lowest BCUT2D eigenvalue weighted by Gasteiger charge is -2.29. The second-order valence-corrected chi connectivity index (χ2v) is 3.85. The zero-order chi connectivity index (χ0) is 12.2. The molecule has 1 rings (SSSR count). The zero-order valence-corrected chi connectivity index (χ0v) is 9.90. The molecule has 1 heterocycles. The lowest BCUT2D eigenvalue weighted by molar-refractivity contribution is -0.144. The Morgan fingerprint density at radius 3 is 2.65 bits per heavy atom. The van der Waals surface area contributed by atoms with E-state index >= 15 is 0 Å². The van der Waals surface area contributed by atoms with E-state index in [1.807, 2.05) is 0 Å². The minimum atomic E-state index is -4.32. The van der Waals surface area contributed by atoms with Crippen LogP contribution in [-0.4, -0.2) is 42.4 Å². The van der Waals surface area contributed by atoms with Gasteiger partial charge in [0.15, 0.2) is 0 Å². The van der Waals surface area contributed by atoms with Gasteiger partial charge in [0.2, 0.25) is 5.91 Å². The van der Waals surface area contributed by atoms with E-state index in [4.69, 9.17) is 0 Å². The number of β-amino-alcohol motifs (C(OH)–C–C–N with tert-alkyl or cyclic N) is 1. The first-order valence-corrected chi connectivity index (χ1v) is 5.13. The highest BCUT2D eigenvalue weighted by atomic mass is 35.5. The van der Waals surface area contributed by atoms with E-state index in [0.717, 1.165) is 0 Å². The lowest BCUT2D eigenvalue weighted by atomic mass is 10.0. The first-order chi connectivity index (χ1) is 7.38. The lowest BCUT2D eigenvalue weighted by Crippen LogP contribution is -2.52. The molecule has 1 aliphatic rings. The Bertz CT molecular complexity index is 251. The van der Waals surface area contributed by atoms with Gasteiger partial charge in [-0.05, 0) is 13.0 Å². The van der Waals surface area contributed by atoms with Gasteiger partial charge in [-0.3, -0.25) is 4.79 Å². The number of hydrogen-bond donors (Lipinski definition) is 3. The smallest absolute Gasteiger partial charge is 0.389 e. The third-order valence-corrected chi connectivity index (χ3v) is 2.43. The normalized spacial score (nSPS) is 24.9. The van der Waals surface area contributed by atoms with Crippen LogP contribution < -0.4 is 10.6 Å². The van der Waals surface area contributed by atoms with Crippen molar-refractivity contribution in [3.05, 3.63) is 0 Å². The van der Waals surface area contributed by atoms with Crippen LogP contribution in [0.2, 0.25) is 0 Å². The Morgan fingerprint density at radius 2 is 2.12 bits per heavy atom. The van der Waals surface area contributed by atoms with Gasteiger partial charge in [-0.25, -0.2) is 0 Å². The zero-order valence-electron chi connectivity index (χ0n) is 9.09. The molecule has 1 aliphatic heterocycles. The number of aliphatic hydroxyl groups excluding tert-OH is 1. The van der Waals surface area contributed by atoms with E-state index in [9.17, 15) is 23.1 Å². The van der Waals surface area contributed by atoms with Crippen molar-refractivity contribution in [2.75, 3.05) is 13.1 Å². The number of carbonyl (C=O) groups is 1. The quantitative estimate of drug-likeness (QED) is 0.707. The summed E-state index contributed by atoms with van der Waals surface area (Å²) in [4.78, 5) is 11.2. The van der Waals surface area contributed by atoms with Crippen LogP contribution in [-0.2, 0) is 4.79 Å². The molecule has 1 amide bonds. The fourth-order valence-corrected chi connectivity index (χ4v) is 1.54. The van der Waals surface area contributed by atoms with Crippen LogP contribution >= 0.6 is 12.4 Å². The molecule has 1 fully saturated rings. The number of amides is 1. The number of nitrogens with one attached hydrogen (secondary N) is 2. The maximum Gasteiger partial charge on any atom is 0.389 e. The van der Waals surface area contributed by atoms with Crippen molar-refractivity contribution < 1.29 is 23.1 Å². The molecule has 0 radical (unpaired) electrons. The average Bonchev–Trinajstić information content (AvgIpc) is 2.18. The van der Waals surface area contributed by atoms with Crippen LogP contribution in [0, 0.1) is 0 Å². The van der Waals surface area contributed by atoms with E-state index in [1.54, 1.807) is 0 Å². The van der Waals surface area contributed by atoms with Crippen molar-refractivity contribution in [1.29, 1.82) is 0 Å². The van der Waals surface area contributed by atoms with Crippen LogP contribution in [0.3, 0.4) is 0 Å². The Balaban J connectivity index is 0.00000256. The summed E-state index contributed by atoms with van der Waals surface area (Å²) in [5.74, 6) is -0.664. The fourth-order valence-electron chi connectivity index (χ4n) is 1.54. The molecule has 2 atom stereocenters. The third-order valence-electron chi connectivity index (χ3n) is 2.43. The van der Waals surface area contributed by atoms with Crippen LogP contribution in [0.1, 0.15) is 19.3 Å². The Morgan fingerprint density at radius 1 is 1.47 bits per heavy atom. The molecule has 17 heavy (non-hydrogen) atoms. The van der Waals surface area contributed by atoms with Crippen molar-refractivity contribution in [2.24, 2.45) is 0 Å². The van der Waals surface area contributed by atoms with Crippen LogP contribution in [0.4, 0.5) is 13.2 Å². The summed E-state index contributed by atoms with van der Waals surface area (Å²) in [5, 5.41) is 14.8. The monoisotopic (exact) mass is 276 g/mol. The van der Waals surface area contributed by atoms with Crippen LogP contribution in [0.25, 0.3) is 0 Å². The number of piperidine rings is 1. The van der Waals surface area contributed by atoms with E-state index in [0.29, 0.717) is 19.5 Å². The van der Waals surface area contributed by atoms with Crippen molar-refractivity contribution >= 4 is 18.3 Å². The Hall–Kier alpha value is -0.530. The molecule has 3 N–H and O–H groups in total. The maximum absolute atomic E-state index is 11.8. The first-order valence-electron chi connectivity index (χ1n) is 5.13. The molecule has 0 aromatic heterocycles. The SMILES string of the molecule is Cl.O=C(CCC(F)(F)F)N[C@@H]1CCNC[C@H]1O. The summed E-state index contributed by atoms with van der Waals surface area (Å²) in [6, 6.07) is -0.443. The Labute approximate surface area is 103 Å². The number of aliphatic hydroxyl groups is 1. The van der Waals surface area contributed by atoms with E-state index in [2.05, 4.69) is 10.6 Å². The van der Waals surface area contributed by atoms with Gasteiger partial charge in [0.05, 0.1) is 18.6 Å². The van der Waals surface area contributed by atoms with Gasteiger partial charge in [0, 0.05) is 13.0 Å². The van der Waals surface area contributed by atoms with Gasteiger partial charge in [0.1, 0.15) is 0 Å². The summed E-state index contributed by atoms with van der Waals surface area (Å²) in [5.41, 5.74) is 0. The highest BCUT2D eigenvalue weighted by Crippen LogP contribution is 2.21. The molecule has 0 aromatic rings. The summed E-state index contributed by atoms with van der Waals surface area (Å²) in [6.07, 6.45) is -6.23. The largest absolute Gasteiger partial charge is 0.390 e. The number of hydrogen-bond acceptors (Lipinski definition) is 3. The molecule has 102 valence electrons. The van der Waals surface area contributed by atoms with Gasteiger partial charge < -0.3 is 15.7 Å².